The average molecular weight is 357 g/mol. The van der Waals surface area contributed by atoms with E-state index in [1.54, 1.807) is 12.1 Å². The third-order valence-corrected chi connectivity index (χ3v) is 3.48. The van der Waals surface area contributed by atoms with Gasteiger partial charge >= 0.3 is 6.01 Å². The highest BCUT2D eigenvalue weighted by Crippen LogP contribution is 2.16. The van der Waals surface area contributed by atoms with Gasteiger partial charge in [0.1, 0.15) is 0 Å². The van der Waals surface area contributed by atoms with Gasteiger partial charge in [-0.3, -0.25) is 0 Å². The molecule has 126 valence electrons. The van der Waals surface area contributed by atoms with E-state index in [-0.39, 0.29) is 11.8 Å². The topological polar surface area (TPSA) is 59.4 Å². The first-order valence-corrected chi connectivity index (χ1v) is 7.85. The van der Waals surface area contributed by atoms with E-state index < -0.39 is 5.82 Å². The zero-order chi connectivity index (χ0) is 17.5. The fourth-order valence-corrected chi connectivity index (χ4v) is 2.11. The zero-order valence-electron chi connectivity index (χ0n) is 13.1. The second kappa shape index (κ2) is 8.21. The van der Waals surface area contributed by atoms with E-state index in [2.05, 4.69) is 20.4 Å². The molecule has 7 heteroatoms. The van der Waals surface area contributed by atoms with Crippen molar-refractivity contribution in [3.8, 4) is 6.01 Å². The lowest BCUT2D eigenvalue weighted by atomic mass is 10.2. The summed E-state index contributed by atoms with van der Waals surface area (Å²) in [6.07, 6.45) is 2.55. The Balaban J connectivity index is 1.63. The molecule has 1 aromatic heterocycles. The van der Waals surface area contributed by atoms with E-state index in [0.29, 0.717) is 11.6 Å². The first-order chi connectivity index (χ1) is 12.2. The highest BCUT2D eigenvalue weighted by molar-refractivity contribution is 6.30. The molecule has 2 aromatic carbocycles. The Bertz CT molecular complexity index is 857. The van der Waals surface area contributed by atoms with E-state index in [1.807, 2.05) is 42.5 Å². The van der Waals surface area contributed by atoms with Gasteiger partial charge < -0.3 is 10.2 Å². The molecule has 0 saturated heterocycles. The van der Waals surface area contributed by atoms with Crippen LogP contribution in [0.1, 0.15) is 11.1 Å². The number of aromatic nitrogens is 2. The second-order valence-electron chi connectivity index (χ2n) is 5.07. The van der Waals surface area contributed by atoms with Crippen LogP contribution in [-0.2, 0) is 6.54 Å². The van der Waals surface area contributed by atoms with Gasteiger partial charge in [0.05, 0.1) is 12.4 Å². The molecule has 1 N–H and O–H groups in total. The van der Waals surface area contributed by atoms with Crippen molar-refractivity contribution in [3.63, 3.8) is 0 Å². The van der Waals surface area contributed by atoms with Crippen LogP contribution in [0, 0.1) is 5.82 Å². The quantitative estimate of drug-likeness (QED) is 0.528. The molecule has 1 heterocycles. The van der Waals surface area contributed by atoms with Gasteiger partial charge in [0, 0.05) is 11.6 Å². The first kappa shape index (κ1) is 16.9. The largest absolute Gasteiger partial charge is 0.363 e. The van der Waals surface area contributed by atoms with Gasteiger partial charge in [-0.2, -0.15) is 9.97 Å². The van der Waals surface area contributed by atoms with Crippen molar-refractivity contribution in [2.24, 2.45) is 5.16 Å². The van der Waals surface area contributed by atoms with Gasteiger partial charge in [0.2, 0.25) is 0 Å². The Hall–Kier alpha value is -2.99. The highest BCUT2D eigenvalue weighted by Gasteiger charge is 2.08. The monoisotopic (exact) mass is 356 g/mol. The lowest BCUT2D eigenvalue weighted by Gasteiger charge is -2.07. The van der Waals surface area contributed by atoms with Gasteiger partial charge in [-0.05, 0) is 23.3 Å². The van der Waals surface area contributed by atoms with E-state index in [0.717, 1.165) is 17.3 Å². The van der Waals surface area contributed by atoms with Crippen molar-refractivity contribution in [1.82, 2.24) is 9.97 Å². The Morgan fingerprint density at radius 2 is 1.88 bits per heavy atom. The molecule has 3 aromatic rings. The summed E-state index contributed by atoms with van der Waals surface area (Å²) in [7, 11) is 0. The normalized spacial score (nSPS) is 10.8. The number of hydrogen-bond donors (Lipinski definition) is 1. The maximum Gasteiger partial charge on any atom is 0.347 e. The number of nitrogens with zero attached hydrogens (tertiary/aromatic N) is 3. The van der Waals surface area contributed by atoms with Crippen LogP contribution in [0.2, 0.25) is 5.02 Å². The number of nitrogens with one attached hydrogen (secondary N) is 1. The Labute approximate surface area is 149 Å². The van der Waals surface area contributed by atoms with E-state index in [4.69, 9.17) is 16.4 Å². The first-order valence-electron chi connectivity index (χ1n) is 7.47. The number of hydrogen-bond acceptors (Lipinski definition) is 5. The molecule has 0 atom stereocenters. The zero-order valence-corrected chi connectivity index (χ0v) is 13.8. The average Bonchev–Trinajstić information content (AvgIpc) is 2.64. The minimum atomic E-state index is -0.576. The van der Waals surface area contributed by atoms with Crippen LogP contribution < -0.4 is 10.2 Å². The van der Waals surface area contributed by atoms with Crippen LogP contribution in [0.3, 0.4) is 0 Å². The fourth-order valence-electron chi connectivity index (χ4n) is 1.98. The third kappa shape index (κ3) is 4.99. The molecule has 5 nitrogen and oxygen atoms in total. The lowest BCUT2D eigenvalue weighted by molar-refractivity contribution is 0.314. The van der Waals surface area contributed by atoms with Gasteiger partial charge in [-0.1, -0.05) is 59.2 Å². The highest BCUT2D eigenvalue weighted by atomic mass is 35.5. The summed E-state index contributed by atoms with van der Waals surface area (Å²) in [6, 6.07) is 16.6. The van der Waals surface area contributed by atoms with Gasteiger partial charge in [-0.25, -0.2) is 4.39 Å². The van der Waals surface area contributed by atoms with Crippen LogP contribution in [0.25, 0.3) is 0 Å². The molecular weight excluding hydrogens is 343 g/mol. The molecule has 0 bridgehead atoms. The second-order valence-corrected chi connectivity index (χ2v) is 5.50. The minimum Gasteiger partial charge on any atom is -0.363 e. The van der Waals surface area contributed by atoms with Gasteiger partial charge in [-0.15, -0.1) is 0 Å². The number of halogens is 2. The van der Waals surface area contributed by atoms with E-state index >= 15 is 0 Å². The van der Waals surface area contributed by atoms with Crippen molar-refractivity contribution in [3.05, 3.63) is 82.8 Å². The van der Waals surface area contributed by atoms with Gasteiger partial charge in [0.15, 0.2) is 11.6 Å². The SMILES string of the molecule is Fc1cnc(ON=Cc2ccccc2)nc1NCc1ccc(Cl)cc1. The maximum absolute atomic E-state index is 13.8. The summed E-state index contributed by atoms with van der Waals surface area (Å²) in [6.45, 7) is 0.387. The summed E-state index contributed by atoms with van der Waals surface area (Å²) < 4.78 is 13.8. The van der Waals surface area contributed by atoms with Crippen LogP contribution in [-0.4, -0.2) is 16.2 Å². The summed E-state index contributed by atoms with van der Waals surface area (Å²) in [5.41, 5.74) is 1.80. The molecule has 25 heavy (non-hydrogen) atoms. The number of anilines is 1. The van der Waals surface area contributed by atoms with Crippen LogP contribution >= 0.6 is 11.6 Å². The molecule has 0 unspecified atom stereocenters. The number of benzene rings is 2. The molecule has 0 amide bonds. The number of rotatable bonds is 6. The molecule has 0 aliphatic heterocycles. The van der Waals surface area contributed by atoms with Gasteiger partial charge in [0.25, 0.3) is 0 Å². The minimum absolute atomic E-state index is 0.0369. The van der Waals surface area contributed by atoms with Crippen molar-refractivity contribution in [2.45, 2.75) is 6.54 Å². The Kier molecular flexibility index (Phi) is 5.53. The maximum atomic E-state index is 13.8. The predicted molar refractivity (Wildman–Crippen MR) is 95.4 cm³/mol. The summed E-state index contributed by atoms with van der Waals surface area (Å²) >= 11 is 5.84. The molecule has 0 aliphatic carbocycles. The smallest absolute Gasteiger partial charge is 0.347 e. The molecule has 0 spiro atoms. The van der Waals surface area contributed by atoms with Crippen molar-refractivity contribution in [2.75, 3.05) is 5.32 Å². The molecule has 0 radical (unpaired) electrons. The predicted octanol–water partition coefficient (Wildman–Crippen LogP) is 4.29. The van der Waals surface area contributed by atoms with Crippen LogP contribution in [0.5, 0.6) is 6.01 Å². The van der Waals surface area contributed by atoms with Crippen molar-refractivity contribution in [1.29, 1.82) is 0 Å². The van der Waals surface area contributed by atoms with Crippen LogP contribution in [0.4, 0.5) is 10.2 Å². The molecule has 0 saturated carbocycles. The Morgan fingerprint density at radius 1 is 1.12 bits per heavy atom. The Morgan fingerprint density at radius 3 is 2.64 bits per heavy atom. The summed E-state index contributed by atoms with van der Waals surface area (Å²) in [5, 5.41) is 7.33. The third-order valence-electron chi connectivity index (χ3n) is 3.23. The molecule has 0 fully saturated rings. The summed E-state index contributed by atoms with van der Waals surface area (Å²) in [4.78, 5) is 12.8. The molecular formula is C18H14ClFN4O. The van der Waals surface area contributed by atoms with E-state index in [1.165, 1.54) is 6.21 Å². The number of oxime groups is 1. The fraction of sp³-hybridized carbons (Fsp3) is 0.0556. The van der Waals surface area contributed by atoms with Crippen LogP contribution in [0.15, 0.2) is 65.9 Å². The van der Waals surface area contributed by atoms with E-state index in [9.17, 15) is 4.39 Å². The molecule has 0 aliphatic rings. The van der Waals surface area contributed by atoms with Crippen molar-refractivity contribution >= 4 is 23.6 Å². The molecule has 3 rings (SSSR count). The van der Waals surface area contributed by atoms with Crippen molar-refractivity contribution < 1.29 is 9.23 Å². The summed E-state index contributed by atoms with van der Waals surface area (Å²) in [5.74, 6) is -0.539. The standard InChI is InChI=1S/C18H14ClFN4O/c19-15-8-6-14(7-9-15)10-21-17-16(20)12-22-18(24-17)25-23-11-13-4-2-1-3-5-13/h1-9,11-12H,10H2,(H,21,22,24). The lowest BCUT2D eigenvalue weighted by Crippen LogP contribution is -2.05.